The van der Waals surface area contributed by atoms with Crippen LogP contribution in [0.2, 0.25) is 0 Å². The summed E-state index contributed by atoms with van der Waals surface area (Å²) in [6.45, 7) is 1.98. The lowest BCUT2D eigenvalue weighted by atomic mass is 10.2. The van der Waals surface area contributed by atoms with E-state index in [1.54, 1.807) is 31.4 Å². The standard InChI is InChI=1S/C19H19N5O3/c1-12-8-9-16(26-2)15(10-12)22-19-23-17(11-20-24-19)21-14-7-5-4-6-13(14)18(25)27-3/h4-11H,1-3H3,(H2,21,22,23,24). The van der Waals surface area contributed by atoms with Gasteiger partial charge in [-0.3, -0.25) is 0 Å². The molecule has 2 N–H and O–H groups in total. The maximum atomic E-state index is 11.9. The number of carbonyl (C=O) groups excluding carboxylic acids is 1. The third-order valence-corrected chi connectivity index (χ3v) is 3.76. The molecule has 8 nitrogen and oxygen atoms in total. The lowest BCUT2D eigenvalue weighted by Crippen LogP contribution is -2.07. The summed E-state index contributed by atoms with van der Waals surface area (Å²) in [5, 5.41) is 14.1. The average Bonchev–Trinajstić information content (AvgIpc) is 2.68. The van der Waals surface area contributed by atoms with Gasteiger partial charge in [0.1, 0.15) is 5.75 Å². The molecule has 1 aromatic heterocycles. The molecule has 2 aromatic carbocycles. The van der Waals surface area contributed by atoms with Crippen LogP contribution < -0.4 is 15.4 Å². The van der Waals surface area contributed by atoms with E-state index in [1.165, 1.54) is 13.3 Å². The first kappa shape index (κ1) is 18.1. The van der Waals surface area contributed by atoms with Crippen LogP contribution in [0.5, 0.6) is 5.75 Å². The van der Waals surface area contributed by atoms with Crippen LogP contribution in [0.25, 0.3) is 0 Å². The van der Waals surface area contributed by atoms with E-state index in [1.807, 2.05) is 25.1 Å². The van der Waals surface area contributed by atoms with Gasteiger partial charge in [0.2, 0.25) is 5.95 Å². The van der Waals surface area contributed by atoms with Gasteiger partial charge >= 0.3 is 5.97 Å². The van der Waals surface area contributed by atoms with Gasteiger partial charge in [-0.05, 0) is 36.8 Å². The number of para-hydroxylation sites is 1. The van der Waals surface area contributed by atoms with Gasteiger partial charge in [-0.2, -0.15) is 10.1 Å². The van der Waals surface area contributed by atoms with Crippen LogP contribution in [0.4, 0.5) is 23.1 Å². The quantitative estimate of drug-likeness (QED) is 0.641. The summed E-state index contributed by atoms with van der Waals surface area (Å²) in [6.07, 6.45) is 1.46. The summed E-state index contributed by atoms with van der Waals surface area (Å²) in [5.41, 5.74) is 2.75. The fraction of sp³-hybridized carbons (Fsp3) is 0.158. The second-order valence-electron chi connectivity index (χ2n) is 5.66. The maximum Gasteiger partial charge on any atom is 0.339 e. The topological polar surface area (TPSA) is 98.3 Å². The molecule has 0 aliphatic heterocycles. The molecule has 138 valence electrons. The lowest BCUT2D eigenvalue weighted by molar-refractivity contribution is 0.0602. The van der Waals surface area contributed by atoms with Crippen molar-refractivity contribution in [2.45, 2.75) is 6.92 Å². The molecule has 27 heavy (non-hydrogen) atoms. The van der Waals surface area contributed by atoms with Crippen molar-refractivity contribution >= 4 is 29.1 Å². The van der Waals surface area contributed by atoms with Crippen molar-refractivity contribution in [2.24, 2.45) is 0 Å². The van der Waals surface area contributed by atoms with E-state index in [2.05, 4.69) is 25.8 Å². The van der Waals surface area contributed by atoms with E-state index in [0.717, 1.165) is 11.3 Å². The Labute approximate surface area is 156 Å². The van der Waals surface area contributed by atoms with Gasteiger partial charge in [0.25, 0.3) is 0 Å². The molecule has 0 atom stereocenters. The zero-order valence-electron chi connectivity index (χ0n) is 15.2. The number of hydrogen-bond donors (Lipinski definition) is 2. The number of carbonyl (C=O) groups is 1. The van der Waals surface area contributed by atoms with Crippen LogP contribution in [0, 0.1) is 6.92 Å². The minimum Gasteiger partial charge on any atom is -0.495 e. The summed E-state index contributed by atoms with van der Waals surface area (Å²) < 4.78 is 10.1. The second kappa shape index (κ2) is 8.13. The summed E-state index contributed by atoms with van der Waals surface area (Å²) in [5.74, 6) is 0.941. The van der Waals surface area contributed by atoms with Gasteiger partial charge in [-0.25, -0.2) is 4.79 Å². The highest BCUT2D eigenvalue weighted by Gasteiger charge is 2.12. The van der Waals surface area contributed by atoms with Gasteiger partial charge in [-0.15, -0.1) is 5.10 Å². The van der Waals surface area contributed by atoms with Gasteiger partial charge in [0.15, 0.2) is 5.82 Å². The minimum atomic E-state index is -0.442. The fourth-order valence-electron chi connectivity index (χ4n) is 2.47. The average molecular weight is 365 g/mol. The monoisotopic (exact) mass is 365 g/mol. The number of hydrogen-bond acceptors (Lipinski definition) is 8. The Kier molecular flexibility index (Phi) is 5.46. The zero-order valence-corrected chi connectivity index (χ0v) is 15.2. The van der Waals surface area contributed by atoms with Crippen molar-refractivity contribution in [1.82, 2.24) is 15.2 Å². The molecule has 3 rings (SSSR count). The number of aryl methyl sites for hydroxylation is 1. The summed E-state index contributed by atoms with van der Waals surface area (Å²) in [7, 11) is 2.93. The molecule has 0 bridgehead atoms. The number of ether oxygens (including phenoxy) is 2. The number of anilines is 4. The van der Waals surface area contributed by atoms with E-state index >= 15 is 0 Å². The van der Waals surface area contributed by atoms with Crippen molar-refractivity contribution in [3.8, 4) is 5.75 Å². The maximum absolute atomic E-state index is 11.9. The Bertz CT molecular complexity index is 962. The van der Waals surface area contributed by atoms with Crippen LogP contribution in [-0.4, -0.2) is 35.4 Å². The predicted molar refractivity (Wildman–Crippen MR) is 102 cm³/mol. The number of rotatable bonds is 6. The Morgan fingerprint density at radius 2 is 1.85 bits per heavy atom. The second-order valence-corrected chi connectivity index (χ2v) is 5.66. The Hall–Kier alpha value is -3.68. The largest absolute Gasteiger partial charge is 0.495 e. The minimum absolute atomic E-state index is 0.291. The third-order valence-electron chi connectivity index (χ3n) is 3.76. The molecular weight excluding hydrogens is 346 g/mol. The molecule has 3 aromatic rings. The number of esters is 1. The van der Waals surface area contributed by atoms with Crippen LogP contribution in [-0.2, 0) is 4.74 Å². The Balaban J connectivity index is 1.85. The van der Waals surface area contributed by atoms with Gasteiger partial charge in [0.05, 0.1) is 37.4 Å². The number of benzene rings is 2. The van der Waals surface area contributed by atoms with Crippen LogP contribution in [0.15, 0.2) is 48.7 Å². The summed E-state index contributed by atoms with van der Waals surface area (Å²) in [6, 6.07) is 12.7. The first-order valence-corrected chi connectivity index (χ1v) is 8.16. The summed E-state index contributed by atoms with van der Waals surface area (Å²) in [4.78, 5) is 16.3. The number of nitrogens with one attached hydrogen (secondary N) is 2. The van der Waals surface area contributed by atoms with Crippen molar-refractivity contribution in [3.63, 3.8) is 0 Å². The van der Waals surface area contributed by atoms with Gasteiger partial charge < -0.3 is 20.1 Å². The first-order valence-electron chi connectivity index (χ1n) is 8.16. The fourth-order valence-corrected chi connectivity index (χ4v) is 2.47. The first-order chi connectivity index (χ1) is 13.1. The highest BCUT2D eigenvalue weighted by Crippen LogP contribution is 2.28. The van der Waals surface area contributed by atoms with Gasteiger partial charge in [-0.1, -0.05) is 18.2 Å². The van der Waals surface area contributed by atoms with Crippen LogP contribution >= 0.6 is 0 Å². The molecule has 1 heterocycles. The molecule has 0 radical (unpaired) electrons. The summed E-state index contributed by atoms with van der Waals surface area (Å²) >= 11 is 0. The highest BCUT2D eigenvalue weighted by atomic mass is 16.5. The molecule has 8 heteroatoms. The molecule has 0 spiro atoms. The van der Waals surface area contributed by atoms with Gasteiger partial charge in [0, 0.05) is 0 Å². The normalized spacial score (nSPS) is 10.2. The van der Waals surface area contributed by atoms with E-state index < -0.39 is 5.97 Å². The highest BCUT2D eigenvalue weighted by molar-refractivity contribution is 5.96. The molecule has 0 fully saturated rings. The van der Waals surface area contributed by atoms with Crippen LogP contribution in [0.3, 0.4) is 0 Å². The van der Waals surface area contributed by atoms with E-state index in [4.69, 9.17) is 9.47 Å². The molecule has 0 saturated heterocycles. The van der Waals surface area contributed by atoms with Crippen LogP contribution in [0.1, 0.15) is 15.9 Å². The third kappa shape index (κ3) is 4.30. The van der Waals surface area contributed by atoms with Crippen molar-refractivity contribution < 1.29 is 14.3 Å². The molecule has 0 aliphatic rings. The number of methoxy groups -OCH3 is 2. The zero-order chi connectivity index (χ0) is 19.2. The van der Waals surface area contributed by atoms with E-state index in [0.29, 0.717) is 28.8 Å². The van der Waals surface area contributed by atoms with Crippen molar-refractivity contribution in [2.75, 3.05) is 24.9 Å². The SMILES string of the molecule is COC(=O)c1ccccc1Nc1cnnc(Nc2cc(C)ccc2OC)n1. The molecule has 0 unspecified atom stereocenters. The smallest absolute Gasteiger partial charge is 0.339 e. The molecule has 0 amide bonds. The van der Waals surface area contributed by atoms with E-state index in [-0.39, 0.29) is 0 Å². The Morgan fingerprint density at radius 3 is 2.63 bits per heavy atom. The van der Waals surface area contributed by atoms with Crippen molar-refractivity contribution in [1.29, 1.82) is 0 Å². The lowest BCUT2D eigenvalue weighted by Gasteiger charge is -2.12. The van der Waals surface area contributed by atoms with Crippen molar-refractivity contribution in [3.05, 3.63) is 59.8 Å². The molecule has 0 aliphatic carbocycles. The Morgan fingerprint density at radius 1 is 1.04 bits per heavy atom. The molecular formula is C19H19N5O3. The number of nitrogens with zero attached hydrogens (tertiary/aromatic N) is 3. The predicted octanol–water partition coefficient (Wildman–Crippen LogP) is 3.46. The molecule has 0 saturated carbocycles. The number of aromatic nitrogens is 3. The van der Waals surface area contributed by atoms with E-state index in [9.17, 15) is 4.79 Å².